The van der Waals surface area contributed by atoms with Gasteiger partial charge >= 0.3 is 0 Å². The zero-order valence-corrected chi connectivity index (χ0v) is 14.6. The normalized spacial score (nSPS) is 15.4. The van der Waals surface area contributed by atoms with Crippen LogP contribution >= 0.6 is 0 Å². The lowest BCUT2D eigenvalue weighted by molar-refractivity contribution is -0.130. The Labute approximate surface area is 148 Å². The van der Waals surface area contributed by atoms with Crippen LogP contribution in [0.4, 0.5) is 0 Å². The number of aryl methyl sites for hydroxylation is 1. The molecule has 1 aliphatic heterocycles. The summed E-state index contributed by atoms with van der Waals surface area (Å²) in [5.41, 5.74) is 1.93. The number of hydrogen-bond donors (Lipinski definition) is 2. The molecule has 3 rings (SSSR count). The topological polar surface area (TPSA) is 78.1 Å². The molecule has 1 aromatic heterocycles. The van der Waals surface area contributed by atoms with Gasteiger partial charge in [-0.2, -0.15) is 0 Å². The minimum Gasteiger partial charge on any atom is -0.356 e. The van der Waals surface area contributed by atoms with Crippen molar-refractivity contribution in [2.45, 2.75) is 44.9 Å². The van der Waals surface area contributed by atoms with E-state index in [2.05, 4.69) is 15.3 Å². The second-order valence-corrected chi connectivity index (χ2v) is 6.60. The summed E-state index contributed by atoms with van der Waals surface area (Å²) in [6.45, 7) is 2.21. The van der Waals surface area contributed by atoms with Gasteiger partial charge in [-0.1, -0.05) is 18.6 Å². The zero-order valence-electron chi connectivity index (χ0n) is 14.6. The minimum atomic E-state index is 0.0302. The zero-order chi connectivity index (χ0) is 17.5. The van der Waals surface area contributed by atoms with Crippen molar-refractivity contribution < 1.29 is 9.59 Å². The first-order valence-corrected chi connectivity index (χ1v) is 9.20. The molecule has 1 aromatic carbocycles. The predicted molar refractivity (Wildman–Crippen MR) is 97.1 cm³/mol. The Hall–Kier alpha value is -2.37. The highest BCUT2D eigenvalue weighted by Gasteiger charge is 2.15. The van der Waals surface area contributed by atoms with Crippen molar-refractivity contribution in [2.24, 2.45) is 0 Å². The summed E-state index contributed by atoms with van der Waals surface area (Å²) in [5, 5.41) is 2.94. The highest BCUT2D eigenvalue weighted by molar-refractivity contribution is 5.77. The van der Waals surface area contributed by atoms with E-state index in [1.807, 2.05) is 29.2 Å². The lowest BCUT2D eigenvalue weighted by atomic mass is 10.2. The number of hydrogen-bond acceptors (Lipinski definition) is 3. The standard InChI is InChI=1S/C19H26N4O2/c24-18(11-10-17-21-15-7-3-4-8-16(15)22-17)20-12-6-14-23-13-5-1-2-9-19(23)25/h3-4,7-8H,1-2,5-6,9-14H2,(H,20,24)(H,21,22). The number of para-hydroxylation sites is 2. The van der Waals surface area contributed by atoms with Gasteiger partial charge in [0.1, 0.15) is 5.82 Å². The average molecular weight is 342 g/mol. The van der Waals surface area contributed by atoms with Gasteiger partial charge in [0, 0.05) is 38.9 Å². The van der Waals surface area contributed by atoms with Crippen molar-refractivity contribution >= 4 is 22.8 Å². The number of carbonyl (C=O) groups is 2. The number of nitrogens with one attached hydrogen (secondary N) is 2. The molecule has 2 heterocycles. The molecule has 0 aliphatic carbocycles. The number of fused-ring (bicyclic) bond motifs is 1. The minimum absolute atomic E-state index is 0.0302. The van der Waals surface area contributed by atoms with Crippen LogP contribution in [0.1, 0.15) is 44.3 Å². The smallest absolute Gasteiger partial charge is 0.222 e. The van der Waals surface area contributed by atoms with Gasteiger partial charge in [0.15, 0.2) is 0 Å². The molecule has 2 aromatic rings. The monoisotopic (exact) mass is 342 g/mol. The van der Waals surface area contributed by atoms with Crippen molar-refractivity contribution in [1.29, 1.82) is 0 Å². The van der Waals surface area contributed by atoms with E-state index in [9.17, 15) is 9.59 Å². The van der Waals surface area contributed by atoms with Crippen molar-refractivity contribution in [1.82, 2.24) is 20.2 Å². The van der Waals surface area contributed by atoms with Crippen molar-refractivity contribution in [3.8, 4) is 0 Å². The Morgan fingerprint density at radius 2 is 2.12 bits per heavy atom. The Balaban J connectivity index is 1.34. The lowest BCUT2D eigenvalue weighted by Crippen LogP contribution is -2.34. The number of likely N-dealkylation sites (tertiary alicyclic amines) is 1. The van der Waals surface area contributed by atoms with Gasteiger partial charge in [0.2, 0.25) is 11.8 Å². The van der Waals surface area contributed by atoms with Gasteiger partial charge < -0.3 is 15.2 Å². The van der Waals surface area contributed by atoms with E-state index in [0.29, 0.717) is 25.8 Å². The van der Waals surface area contributed by atoms with Gasteiger partial charge in [-0.3, -0.25) is 9.59 Å². The van der Waals surface area contributed by atoms with Crippen molar-refractivity contribution in [3.05, 3.63) is 30.1 Å². The number of benzene rings is 1. The summed E-state index contributed by atoms with van der Waals surface area (Å²) in [5.74, 6) is 1.13. The van der Waals surface area contributed by atoms with Gasteiger partial charge in [-0.15, -0.1) is 0 Å². The number of rotatable bonds is 7. The quantitative estimate of drug-likeness (QED) is 0.759. The molecule has 0 bridgehead atoms. The molecule has 0 unspecified atom stereocenters. The predicted octanol–water partition coefficient (Wildman–Crippen LogP) is 2.40. The Morgan fingerprint density at radius 3 is 3.00 bits per heavy atom. The molecule has 134 valence electrons. The third-order valence-electron chi connectivity index (χ3n) is 4.63. The third-order valence-corrected chi connectivity index (χ3v) is 4.63. The third kappa shape index (κ3) is 5.05. The molecular weight excluding hydrogens is 316 g/mol. The van der Waals surface area contributed by atoms with E-state index >= 15 is 0 Å². The van der Waals surface area contributed by atoms with Crippen LogP contribution in [-0.4, -0.2) is 46.3 Å². The average Bonchev–Trinajstić information content (AvgIpc) is 2.93. The first-order valence-electron chi connectivity index (χ1n) is 9.20. The highest BCUT2D eigenvalue weighted by atomic mass is 16.2. The number of carbonyl (C=O) groups excluding carboxylic acids is 2. The molecule has 2 N–H and O–H groups in total. The van der Waals surface area contributed by atoms with Crippen LogP contribution in [0.15, 0.2) is 24.3 Å². The second-order valence-electron chi connectivity index (χ2n) is 6.60. The fourth-order valence-electron chi connectivity index (χ4n) is 3.22. The van der Waals surface area contributed by atoms with Crippen LogP contribution in [0.2, 0.25) is 0 Å². The summed E-state index contributed by atoms with van der Waals surface area (Å²) in [6, 6.07) is 7.86. The molecule has 6 nitrogen and oxygen atoms in total. The summed E-state index contributed by atoms with van der Waals surface area (Å²) in [7, 11) is 0. The lowest BCUT2D eigenvalue weighted by Gasteiger charge is -2.20. The van der Waals surface area contributed by atoms with Crippen LogP contribution in [0.25, 0.3) is 11.0 Å². The molecule has 0 atom stereocenters. The number of aromatic nitrogens is 2. The second kappa shape index (κ2) is 8.65. The first-order chi connectivity index (χ1) is 12.2. The van der Waals surface area contributed by atoms with Gasteiger partial charge in [0.25, 0.3) is 0 Å². The van der Waals surface area contributed by atoms with E-state index in [1.54, 1.807) is 0 Å². The van der Waals surface area contributed by atoms with E-state index < -0.39 is 0 Å². The summed E-state index contributed by atoms with van der Waals surface area (Å²) >= 11 is 0. The number of H-pyrrole nitrogens is 1. The maximum atomic E-state index is 12.0. The van der Waals surface area contributed by atoms with Crippen LogP contribution in [0, 0.1) is 0 Å². The first kappa shape index (κ1) is 17.5. The van der Waals surface area contributed by atoms with Gasteiger partial charge in [0.05, 0.1) is 11.0 Å². The molecule has 0 spiro atoms. The number of imidazole rings is 1. The maximum Gasteiger partial charge on any atom is 0.222 e. The van der Waals surface area contributed by atoms with Gasteiger partial charge in [-0.25, -0.2) is 4.98 Å². The van der Waals surface area contributed by atoms with Gasteiger partial charge in [-0.05, 0) is 31.4 Å². The van der Waals surface area contributed by atoms with E-state index in [-0.39, 0.29) is 11.8 Å². The molecule has 1 fully saturated rings. The molecule has 2 amide bonds. The molecule has 1 aliphatic rings. The molecule has 1 saturated heterocycles. The number of nitrogens with zero attached hydrogens (tertiary/aromatic N) is 2. The Bertz CT molecular complexity index is 692. The Morgan fingerprint density at radius 1 is 1.24 bits per heavy atom. The van der Waals surface area contributed by atoms with Crippen LogP contribution in [0.5, 0.6) is 0 Å². The fourth-order valence-corrected chi connectivity index (χ4v) is 3.22. The van der Waals surface area contributed by atoms with Crippen LogP contribution < -0.4 is 5.32 Å². The van der Waals surface area contributed by atoms with Crippen molar-refractivity contribution in [3.63, 3.8) is 0 Å². The SMILES string of the molecule is O=C(CCc1nc2ccccc2[nH]1)NCCCN1CCCCCC1=O. The highest BCUT2D eigenvalue weighted by Crippen LogP contribution is 2.12. The van der Waals surface area contributed by atoms with Crippen molar-refractivity contribution in [2.75, 3.05) is 19.6 Å². The molecule has 6 heteroatoms. The summed E-state index contributed by atoms with van der Waals surface area (Å²) < 4.78 is 0. The molecular formula is C19H26N4O2. The maximum absolute atomic E-state index is 12.0. The largest absolute Gasteiger partial charge is 0.356 e. The number of amides is 2. The molecule has 0 saturated carbocycles. The van der Waals surface area contributed by atoms with E-state index in [4.69, 9.17) is 0 Å². The fraction of sp³-hybridized carbons (Fsp3) is 0.526. The summed E-state index contributed by atoms with van der Waals surface area (Å²) in [4.78, 5) is 33.5. The van der Waals surface area contributed by atoms with E-state index in [1.165, 1.54) is 0 Å². The molecule has 25 heavy (non-hydrogen) atoms. The van der Waals surface area contributed by atoms with E-state index in [0.717, 1.165) is 55.6 Å². The molecule has 0 radical (unpaired) electrons. The Kier molecular flexibility index (Phi) is 6.04. The number of aromatic amines is 1. The van der Waals surface area contributed by atoms with Crippen LogP contribution in [-0.2, 0) is 16.0 Å². The summed E-state index contributed by atoms with van der Waals surface area (Å²) in [6.07, 6.45) is 5.74. The van der Waals surface area contributed by atoms with Crippen LogP contribution in [0.3, 0.4) is 0 Å².